The van der Waals surface area contributed by atoms with Gasteiger partial charge in [-0.2, -0.15) is 0 Å². The third kappa shape index (κ3) is 6.14. The quantitative estimate of drug-likeness (QED) is 0.0871. The number of carboxylic acid groups (broad SMARTS) is 2. The Labute approximate surface area is 239 Å². The van der Waals surface area contributed by atoms with Crippen molar-refractivity contribution in [3.8, 4) is 0 Å². The van der Waals surface area contributed by atoms with Gasteiger partial charge in [0.2, 0.25) is 5.91 Å². The van der Waals surface area contributed by atoms with Gasteiger partial charge in [0.1, 0.15) is 17.3 Å². The predicted octanol–water partition coefficient (Wildman–Crippen LogP) is -0.771. The standard InChI is InChI=1S/C24H34N6O8S2/c1-11(31)17-13-7-16(40-6-4-28-10-26)20(24(37)38)30(13)22(34)19-15(39-5-3-27-9-25)8-14(29(19)21(17)33)18(12(2)32)23(35)36/h9-14,17-18,31-32H,3-8H2,1-2H3,(H2,25,27)(H2,26,28)(H,35,36)(H,37,38). The molecule has 14 nitrogen and oxygen atoms in total. The summed E-state index contributed by atoms with van der Waals surface area (Å²) in [6, 6.07) is -2.15. The topological polar surface area (TPSA) is 232 Å². The highest BCUT2D eigenvalue weighted by molar-refractivity contribution is 8.03. The van der Waals surface area contributed by atoms with Crippen LogP contribution in [0.1, 0.15) is 26.7 Å². The number of amides is 2. The first kappa shape index (κ1) is 31.4. The molecular weight excluding hydrogens is 564 g/mol. The number of carbonyl (C=O) groups excluding carboxylic acids is 2. The number of hydrogen-bond acceptors (Lipinski definition) is 10. The fourth-order valence-corrected chi connectivity index (χ4v) is 7.52. The van der Waals surface area contributed by atoms with Crippen LogP contribution in [0.25, 0.3) is 0 Å². The maximum absolute atomic E-state index is 14.2. The third-order valence-electron chi connectivity index (χ3n) is 6.97. The number of aliphatic carboxylic acids is 2. The third-order valence-corrected chi connectivity index (χ3v) is 9.16. The molecular formula is C24H34N6O8S2. The second-order valence-corrected chi connectivity index (χ2v) is 11.8. The molecule has 0 bridgehead atoms. The van der Waals surface area contributed by atoms with Gasteiger partial charge in [0, 0.05) is 34.2 Å². The van der Waals surface area contributed by atoms with Crippen LogP contribution < -0.4 is 11.5 Å². The van der Waals surface area contributed by atoms with Gasteiger partial charge in [0.25, 0.3) is 5.91 Å². The number of thioether (sulfide) groups is 2. The summed E-state index contributed by atoms with van der Waals surface area (Å²) in [7, 11) is 0. The Morgan fingerprint density at radius 2 is 1.57 bits per heavy atom. The molecule has 0 aromatic heterocycles. The smallest absolute Gasteiger partial charge is 0.353 e. The van der Waals surface area contributed by atoms with Crippen LogP contribution in [0.3, 0.4) is 0 Å². The number of rotatable bonds is 13. The molecule has 6 unspecified atom stereocenters. The van der Waals surface area contributed by atoms with Gasteiger partial charge in [-0.05, 0) is 13.8 Å². The first-order valence-corrected chi connectivity index (χ1v) is 14.6. The molecule has 16 heteroatoms. The van der Waals surface area contributed by atoms with Gasteiger partial charge in [-0.15, -0.1) is 23.5 Å². The number of fused-ring (bicyclic) bond motifs is 2. The van der Waals surface area contributed by atoms with Crippen LogP contribution in [0.5, 0.6) is 0 Å². The fraction of sp³-hybridized carbons (Fsp3) is 0.583. The lowest BCUT2D eigenvalue weighted by Crippen LogP contribution is -2.51. The number of nitrogens with zero attached hydrogens (tertiary/aromatic N) is 4. The summed E-state index contributed by atoms with van der Waals surface area (Å²) >= 11 is 2.36. The average molecular weight is 599 g/mol. The van der Waals surface area contributed by atoms with Crippen molar-refractivity contribution < 1.29 is 39.6 Å². The van der Waals surface area contributed by atoms with Gasteiger partial charge >= 0.3 is 11.9 Å². The summed E-state index contributed by atoms with van der Waals surface area (Å²) in [5.74, 6) is -6.21. The van der Waals surface area contributed by atoms with E-state index < -0.39 is 59.9 Å². The van der Waals surface area contributed by atoms with Gasteiger partial charge < -0.3 is 36.8 Å². The molecule has 2 amide bonds. The van der Waals surface area contributed by atoms with Crippen LogP contribution in [0.2, 0.25) is 0 Å². The summed E-state index contributed by atoms with van der Waals surface area (Å²) in [5, 5.41) is 41.3. The summed E-state index contributed by atoms with van der Waals surface area (Å²) in [5.41, 5.74) is 10.1. The van der Waals surface area contributed by atoms with E-state index in [0.717, 1.165) is 22.5 Å². The van der Waals surface area contributed by atoms with E-state index in [-0.39, 0.29) is 30.8 Å². The summed E-state index contributed by atoms with van der Waals surface area (Å²) < 4.78 is 0. The van der Waals surface area contributed by atoms with E-state index in [1.54, 1.807) is 0 Å². The number of aliphatic hydroxyl groups is 2. The molecule has 1 fully saturated rings. The lowest BCUT2D eigenvalue weighted by molar-refractivity contribution is -0.151. The minimum absolute atomic E-state index is 0.00389. The van der Waals surface area contributed by atoms with Crippen LogP contribution in [-0.2, 0) is 19.2 Å². The van der Waals surface area contributed by atoms with E-state index in [1.165, 1.54) is 37.4 Å². The number of carbonyl (C=O) groups is 4. The molecule has 3 heterocycles. The van der Waals surface area contributed by atoms with Gasteiger partial charge in [0.05, 0.1) is 56.0 Å². The Morgan fingerprint density at radius 3 is 2.05 bits per heavy atom. The van der Waals surface area contributed by atoms with Crippen molar-refractivity contribution >= 4 is 60.0 Å². The Kier molecular flexibility index (Phi) is 10.6. The zero-order chi connectivity index (χ0) is 29.7. The Bertz CT molecular complexity index is 1150. The van der Waals surface area contributed by atoms with E-state index >= 15 is 0 Å². The summed E-state index contributed by atoms with van der Waals surface area (Å²) in [6.45, 7) is 3.24. The molecule has 1 saturated heterocycles. The van der Waals surface area contributed by atoms with Crippen LogP contribution >= 0.6 is 23.5 Å². The average Bonchev–Trinajstić information content (AvgIpc) is 3.40. The fourth-order valence-electron chi connectivity index (χ4n) is 5.41. The monoisotopic (exact) mass is 598 g/mol. The molecule has 0 aromatic rings. The van der Waals surface area contributed by atoms with E-state index in [1.807, 2.05) is 0 Å². The maximum Gasteiger partial charge on any atom is 0.353 e. The van der Waals surface area contributed by atoms with Crippen molar-refractivity contribution in [3.63, 3.8) is 0 Å². The first-order chi connectivity index (χ1) is 19.0. The molecule has 0 spiro atoms. The van der Waals surface area contributed by atoms with Gasteiger partial charge in [-0.25, -0.2) is 4.79 Å². The second kappa shape index (κ2) is 13.5. The molecule has 0 aliphatic carbocycles. The molecule has 3 aliphatic rings. The Hall–Kier alpha value is -3.08. The molecule has 0 saturated carbocycles. The highest BCUT2D eigenvalue weighted by atomic mass is 32.2. The normalized spacial score (nSPS) is 25.6. The summed E-state index contributed by atoms with van der Waals surface area (Å²) in [6.07, 6.45) is -0.473. The molecule has 3 aliphatic heterocycles. The number of carboxylic acids is 2. The van der Waals surface area contributed by atoms with Crippen molar-refractivity contribution in [2.24, 2.45) is 33.3 Å². The van der Waals surface area contributed by atoms with Crippen LogP contribution in [0, 0.1) is 11.8 Å². The second-order valence-electron chi connectivity index (χ2n) is 9.45. The lowest BCUT2D eigenvalue weighted by Gasteiger charge is -2.34. The molecule has 8 N–H and O–H groups in total. The van der Waals surface area contributed by atoms with Gasteiger partial charge in [0.15, 0.2) is 0 Å². The first-order valence-electron chi connectivity index (χ1n) is 12.6. The number of hydrogen-bond donors (Lipinski definition) is 6. The van der Waals surface area contributed by atoms with Crippen molar-refractivity contribution in [1.29, 1.82) is 0 Å². The van der Waals surface area contributed by atoms with Crippen LogP contribution in [0.4, 0.5) is 0 Å². The molecule has 220 valence electrons. The van der Waals surface area contributed by atoms with Crippen LogP contribution in [0.15, 0.2) is 31.2 Å². The van der Waals surface area contributed by atoms with E-state index in [9.17, 15) is 39.6 Å². The Balaban J connectivity index is 2.18. The molecule has 6 atom stereocenters. The summed E-state index contributed by atoms with van der Waals surface area (Å²) in [4.78, 5) is 63.8. The zero-order valence-corrected chi connectivity index (χ0v) is 23.7. The zero-order valence-electron chi connectivity index (χ0n) is 22.0. The van der Waals surface area contributed by atoms with Crippen molar-refractivity contribution in [1.82, 2.24) is 9.80 Å². The number of aliphatic imine (C=N–C) groups is 2. The van der Waals surface area contributed by atoms with E-state index in [2.05, 4.69) is 9.98 Å². The molecule has 40 heavy (non-hydrogen) atoms. The predicted molar refractivity (Wildman–Crippen MR) is 150 cm³/mol. The Morgan fingerprint density at radius 1 is 1.00 bits per heavy atom. The molecule has 0 radical (unpaired) electrons. The van der Waals surface area contributed by atoms with Crippen molar-refractivity contribution in [2.75, 3.05) is 24.6 Å². The van der Waals surface area contributed by atoms with Gasteiger partial charge in [-0.1, -0.05) is 0 Å². The van der Waals surface area contributed by atoms with Crippen LogP contribution in [-0.4, -0.2) is 116 Å². The minimum atomic E-state index is -1.45. The highest BCUT2D eigenvalue weighted by Crippen LogP contribution is 2.49. The lowest BCUT2D eigenvalue weighted by atomic mass is 9.88. The number of aliphatic hydroxyl groups excluding tert-OH is 2. The maximum atomic E-state index is 14.2. The van der Waals surface area contributed by atoms with Crippen molar-refractivity contribution in [3.05, 3.63) is 21.2 Å². The largest absolute Gasteiger partial charge is 0.481 e. The van der Waals surface area contributed by atoms with E-state index in [4.69, 9.17) is 11.5 Å². The van der Waals surface area contributed by atoms with Crippen molar-refractivity contribution in [2.45, 2.75) is 51.0 Å². The number of nitrogens with two attached hydrogens (primary N) is 2. The highest BCUT2D eigenvalue weighted by Gasteiger charge is 2.57. The SMILES string of the molecule is CC(O)C1C(=O)N2C(=C(SCCN=CN)CC2C(C(=O)O)C(C)O)C(=O)N2C(C(=O)O)=C(SCCN=CN)CC12. The minimum Gasteiger partial charge on any atom is -0.481 e. The molecule has 3 rings (SSSR count). The van der Waals surface area contributed by atoms with E-state index in [0.29, 0.717) is 27.9 Å². The van der Waals surface area contributed by atoms with Gasteiger partial charge in [-0.3, -0.25) is 29.3 Å². The molecule has 0 aromatic carbocycles.